The molecule has 1 aliphatic rings. The number of anilines is 1. The van der Waals surface area contributed by atoms with E-state index in [1.54, 1.807) is 32.0 Å². The van der Waals surface area contributed by atoms with Crippen molar-refractivity contribution in [1.82, 2.24) is 14.6 Å². The Bertz CT molecular complexity index is 1270. The van der Waals surface area contributed by atoms with Crippen molar-refractivity contribution in [1.29, 1.82) is 0 Å². The summed E-state index contributed by atoms with van der Waals surface area (Å²) in [4.78, 5) is 27.9. The van der Waals surface area contributed by atoms with E-state index in [1.807, 2.05) is 0 Å². The molecule has 1 aliphatic heterocycles. The largest absolute Gasteiger partial charge is 0.462 e. The van der Waals surface area contributed by atoms with Gasteiger partial charge in [-0.15, -0.1) is 0 Å². The second-order valence-electron chi connectivity index (χ2n) is 9.24. The zero-order valence-corrected chi connectivity index (χ0v) is 22.5. The summed E-state index contributed by atoms with van der Waals surface area (Å²) in [6.45, 7) is 4.23. The van der Waals surface area contributed by atoms with E-state index >= 15 is 0 Å². The number of carbonyl (C=O) groups is 1. The Morgan fingerprint density at radius 2 is 1.95 bits per heavy atom. The molecule has 0 bridgehead atoms. The zero-order chi connectivity index (χ0) is 29.1. The van der Waals surface area contributed by atoms with E-state index in [2.05, 4.69) is 10.1 Å². The normalized spacial score (nSPS) is 26.1. The number of hydrogen-bond donors (Lipinski definition) is 4. The highest BCUT2D eigenvalue weighted by Crippen LogP contribution is 2.49. The molecule has 0 aliphatic carbocycles. The number of nitrogens with one attached hydrogen (secondary N) is 1. The number of alkyl halides is 1. The molecule has 3 rings (SSSR count). The first-order valence-corrected chi connectivity index (χ1v) is 13.4. The van der Waals surface area contributed by atoms with Crippen molar-refractivity contribution in [2.45, 2.75) is 70.0 Å². The number of benzene rings is 1. The number of aliphatic hydroxyl groups excluding tert-OH is 1. The fourth-order valence-electron chi connectivity index (χ4n) is 3.82. The van der Waals surface area contributed by atoms with Crippen molar-refractivity contribution in [3.05, 3.63) is 52.8 Å². The molecule has 0 radical (unpaired) electrons. The van der Waals surface area contributed by atoms with Gasteiger partial charge in [0.05, 0.1) is 18.4 Å². The Morgan fingerprint density at radius 3 is 2.54 bits per heavy atom. The summed E-state index contributed by atoms with van der Waals surface area (Å²) in [5.41, 5.74) is 1.33. The molecule has 1 aromatic carbocycles. The molecule has 2 heterocycles. The maximum atomic E-state index is 14.1. The van der Waals surface area contributed by atoms with E-state index in [0.717, 1.165) is 0 Å². The maximum Gasteiger partial charge on any atom is 0.459 e. The topological polar surface area (TPSA) is 184 Å². The summed E-state index contributed by atoms with van der Waals surface area (Å²) >= 11 is 0. The fraction of sp³-hybridized carbons (Fsp3) is 0.522. The summed E-state index contributed by atoms with van der Waals surface area (Å²) in [7, 11) is -4.47. The molecular formula is C23H31F2N4O9P. The van der Waals surface area contributed by atoms with Crippen LogP contribution in [0.2, 0.25) is 0 Å². The summed E-state index contributed by atoms with van der Waals surface area (Å²) < 4.78 is 64.2. The molecule has 39 heavy (non-hydrogen) atoms. The Kier molecular flexibility index (Phi) is 9.47. The molecule has 5 N–H and O–H groups in total. The Labute approximate surface area is 222 Å². The molecule has 13 nitrogen and oxygen atoms in total. The monoisotopic (exact) mass is 576 g/mol. The van der Waals surface area contributed by atoms with Gasteiger partial charge < -0.3 is 29.9 Å². The molecule has 1 saturated heterocycles. The first-order chi connectivity index (χ1) is 18.2. The number of aromatic nitrogens is 2. The summed E-state index contributed by atoms with van der Waals surface area (Å²) in [6, 6.07) is 6.59. The summed E-state index contributed by atoms with van der Waals surface area (Å²) in [5, 5.41) is 24.2. The quantitative estimate of drug-likeness (QED) is 0.223. The van der Waals surface area contributed by atoms with Crippen LogP contribution in [0.4, 0.5) is 14.6 Å². The fourth-order valence-corrected chi connectivity index (χ4v) is 5.51. The average Bonchev–Trinajstić information content (AvgIpc) is 3.12. The number of esters is 1. The van der Waals surface area contributed by atoms with Gasteiger partial charge in [0.2, 0.25) is 0 Å². The minimum Gasteiger partial charge on any atom is -0.462 e. The highest BCUT2D eigenvalue weighted by atomic mass is 31.2. The molecule has 0 amide bonds. The molecule has 16 heteroatoms. The van der Waals surface area contributed by atoms with E-state index < -0.39 is 80.0 Å². The van der Waals surface area contributed by atoms with Gasteiger partial charge in [-0.25, -0.2) is 18.1 Å². The lowest BCUT2D eigenvalue weighted by molar-refractivity contribution is -0.149. The molecule has 7 atom stereocenters. The molecular weight excluding hydrogens is 545 g/mol. The summed E-state index contributed by atoms with van der Waals surface area (Å²) in [5.74, 6) is -2.57. The van der Waals surface area contributed by atoms with Crippen molar-refractivity contribution >= 4 is 19.5 Å². The van der Waals surface area contributed by atoms with Crippen molar-refractivity contribution in [2.24, 2.45) is 0 Å². The van der Waals surface area contributed by atoms with Gasteiger partial charge >= 0.3 is 19.4 Å². The number of carbonyl (C=O) groups excluding carboxylic acids is 1. The van der Waals surface area contributed by atoms with Gasteiger partial charge in [0.1, 0.15) is 30.7 Å². The van der Waals surface area contributed by atoms with Crippen molar-refractivity contribution in [3.63, 3.8) is 0 Å². The minimum atomic E-state index is -4.47. The number of halogens is 2. The van der Waals surface area contributed by atoms with E-state index in [-0.39, 0.29) is 5.75 Å². The Hall–Kier alpha value is -2.94. The van der Waals surface area contributed by atoms with Gasteiger partial charge in [0.15, 0.2) is 23.5 Å². The third-order valence-corrected chi connectivity index (χ3v) is 7.50. The number of hydrogen-bond acceptors (Lipinski definition) is 11. The van der Waals surface area contributed by atoms with Gasteiger partial charge in [0.25, 0.3) is 0 Å². The number of aliphatic hydroxyl groups is 2. The van der Waals surface area contributed by atoms with E-state index in [0.29, 0.717) is 10.8 Å². The Morgan fingerprint density at radius 1 is 1.31 bits per heavy atom. The lowest BCUT2D eigenvalue weighted by atomic mass is 9.93. The van der Waals surface area contributed by atoms with Gasteiger partial charge in [-0.2, -0.15) is 10.1 Å². The van der Waals surface area contributed by atoms with Crippen molar-refractivity contribution in [2.75, 3.05) is 12.4 Å². The lowest BCUT2D eigenvalue weighted by Crippen LogP contribution is -2.51. The molecule has 0 spiro atoms. The van der Waals surface area contributed by atoms with Gasteiger partial charge in [-0.1, -0.05) is 18.2 Å². The molecule has 2 unspecified atom stereocenters. The van der Waals surface area contributed by atoms with Crippen LogP contribution < -0.4 is 21.0 Å². The number of nitrogens with zero attached hydrogens (tertiary/aromatic N) is 2. The maximum absolute atomic E-state index is 14.1. The van der Waals surface area contributed by atoms with Crippen LogP contribution in [0, 0.1) is 5.82 Å². The number of nitrogens with two attached hydrogens (primary N) is 1. The number of ether oxygens (including phenoxy) is 2. The van der Waals surface area contributed by atoms with Gasteiger partial charge in [-0.05, 0) is 39.8 Å². The smallest absolute Gasteiger partial charge is 0.459 e. The predicted molar refractivity (Wildman–Crippen MR) is 133 cm³/mol. The molecule has 0 saturated carbocycles. The van der Waals surface area contributed by atoms with E-state index in [9.17, 15) is 33.1 Å². The van der Waals surface area contributed by atoms with Crippen molar-refractivity contribution in [3.8, 4) is 5.75 Å². The number of nitrogen functional groups attached to an aromatic ring is 1. The van der Waals surface area contributed by atoms with Crippen LogP contribution in [-0.2, 0) is 23.4 Å². The average molecular weight is 576 g/mol. The van der Waals surface area contributed by atoms with Crippen LogP contribution in [0.1, 0.15) is 33.9 Å². The molecule has 1 fully saturated rings. The third kappa shape index (κ3) is 6.80. The first-order valence-electron chi connectivity index (χ1n) is 11.9. The van der Waals surface area contributed by atoms with Crippen LogP contribution in [0.25, 0.3) is 0 Å². The minimum absolute atomic E-state index is 0.0889. The molecule has 1 aromatic heterocycles. The highest BCUT2D eigenvalue weighted by molar-refractivity contribution is 7.52. The lowest BCUT2D eigenvalue weighted by Gasteiger charge is -2.30. The molecule has 2 aromatic rings. The second kappa shape index (κ2) is 12.1. The van der Waals surface area contributed by atoms with E-state index in [1.165, 1.54) is 26.0 Å². The molecule has 216 valence electrons. The van der Waals surface area contributed by atoms with Gasteiger partial charge in [-0.3, -0.25) is 13.9 Å². The number of para-hydroxylation sites is 1. The van der Waals surface area contributed by atoms with Crippen LogP contribution in [0.3, 0.4) is 0 Å². The SMILES string of the molecule is CC(C)OC(=O)[C@H](C)NP(=O)(Oc1ccccc1)O[C@H](C)[C@H]1O[C@@H](n2cc(F)c(N)nc2=O)[C@@](O)(CF)C1O. The second-order valence-corrected chi connectivity index (χ2v) is 10.9. The van der Waals surface area contributed by atoms with Crippen LogP contribution in [0.5, 0.6) is 5.75 Å². The standard InChI is InChI=1S/C23H31F2N4O9P/c1-12(2)35-20(31)13(3)28-39(34,38-15-8-6-5-7-9-15)37-14(4)17-18(30)23(33,11-24)21(36-17)29-10-16(25)19(26)27-22(29)32/h5-10,12-14,17-18,21,30,33H,11H2,1-4H3,(H,28,34)(H2,26,27,32)/t13-,14+,17+,18?,21+,23+,39?/m0/s1. The van der Waals surface area contributed by atoms with E-state index in [4.69, 9.17) is 24.3 Å². The van der Waals surface area contributed by atoms with Crippen LogP contribution >= 0.6 is 7.75 Å². The van der Waals surface area contributed by atoms with Crippen LogP contribution in [0.15, 0.2) is 41.3 Å². The zero-order valence-electron chi connectivity index (χ0n) is 21.6. The first kappa shape index (κ1) is 30.6. The Balaban J connectivity index is 1.91. The van der Waals surface area contributed by atoms with Gasteiger partial charge in [0, 0.05) is 0 Å². The predicted octanol–water partition coefficient (Wildman–Crippen LogP) is 1.45. The highest BCUT2D eigenvalue weighted by Gasteiger charge is 2.59. The number of rotatable bonds is 11. The summed E-state index contributed by atoms with van der Waals surface area (Å²) in [6.07, 6.45) is -7.01. The van der Waals surface area contributed by atoms with Crippen LogP contribution in [-0.4, -0.2) is 68.5 Å². The van der Waals surface area contributed by atoms with Crippen molar-refractivity contribution < 1.29 is 46.9 Å². The third-order valence-electron chi connectivity index (χ3n) is 5.73.